The molecular formula is C23H21N5O. The van der Waals surface area contributed by atoms with Crippen LogP contribution in [0.25, 0.3) is 11.1 Å². The molecule has 0 aliphatic rings. The number of ether oxygens (including phenoxy) is 1. The molecule has 0 amide bonds. The van der Waals surface area contributed by atoms with E-state index in [1.807, 2.05) is 78.7 Å². The monoisotopic (exact) mass is 383 g/mol. The van der Waals surface area contributed by atoms with E-state index in [-0.39, 0.29) is 0 Å². The Hall–Kier alpha value is -3.93. The molecule has 6 nitrogen and oxygen atoms in total. The number of methoxy groups -OCH3 is 1. The van der Waals surface area contributed by atoms with Crippen molar-refractivity contribution in [1.82, 2.24) is 15.0 Å². The molecule has 0 aliphatic carbocycles. The van der Waals surface area contributed by atoms with Gasteiger partial charge in [-0.3, -0.25) is 4.98 Å². The molecule has 0 radical (unpaired) electrons. The van der Waals surface area contributed by atoms with Gasteiger partial charge in [0.05, 0.1) is 7.11 Å². The molecule has 0 saturated carbocycles. The summed E-state index contributed by atoms with van der Waals surface area (Å²) in [6, 6.07) is 21.9. The molecule has 0 spiro atoms. The highest BCUT2D eigenvalue weighted by Crippen LogP contribution is 2.31. The minimum absolute atomic E-state index is 0.716. The summed E-state index contributed by atoms with van der Waals surface area (Å²) in [7, 11) is 3.64. The fourth-order valence-corrected chi connectivity index (χ4v) is 3.07. The maximum atomic E-state index is 5.46. The van der Waals surface area contributed by atoms with E-state index in [1.165, 1.54) is 0 Å². The van der Waals surface area contributed by atoms with E-state index in [4.69, 9.17) is 4.74 Å². The summed E-state index contributed by atoms with van der Waals surface area (Å²) >= 11 is 0. The summed E-state index contributed by atoms with van der Waals surface area (Å²) in [5, 5.41) is 3.36. The average molecular weight is 383 g/mol. The van der Waals surface area contributed by atoms with Crippen LogP contribution < -0.4 is 15.0 Å². The Bertz CT molecular complexity index is 1100. The van der Waals surface area contributed by atoms with E-state index in [0.717, 1.165) is 34.1 Å². The number of anilines is 4. The lowest BCUT2D eigenvalue weighted by molar-refractivity contribution is 0.416. The van der Waals surface area contributed by atoms with Crippen LogP contribution in [0.4, 0.5) is 23.0 Å². The zero-order valence-electron chi connectivity index (χ0n) is 16.3. The predicted molar refractivity (Wildman–Crippen MR) is 116 cm³/mol. The van der Waals surface area contributed by atoms with Gasteiger partial charge in [0.1, 0.15) is 23.7 Å². The van der Waals surface area contributed by atoms with Crippen molar-refractivity contribution >= 4 is 23.0 Å². The number of rotatable bonds is 6. The largest absolute Gasteiger partial charge is 0.496 e. The van der Waals surface area contributed by atoms with Gasteiger partial charge in [0.25, 0.3) is 0 Å². The highest BCUT2D eigenvalue weighted by molar-refractivity contribution is 5.74. The van der Waals surface area contributed by atoms with Crippen molar-refractivity contribution in [2.45, 2.75) is 0 Å². The molecule has 0 atom stereocenters. The molecule has 2 aromatic heterocycles. The van der Waals surface area contributed by atoms with Gasteiger partial charge in [-0.2, -0.15) is 0 Å². The van der Waals surface area contributed by atoms with E-state index in [0.29, 0.717) is 5.82 Å². The summed E-state index contributed by atoms with van der Waals surface area (Å²) in [6.07, 6.45) is 5.08. The van der Waals surface area contributed by atoms with Gasteiger partial charge in [-0.15, -0.1) is 0 Å². The van der Waals surface area contributed by atoms with E-state index >= 15 is 0 Å². The first-order valence-corrected chi connectivity index (χ1v) is 9.21. The molecule has 0 unspecified atom stereocenters. The third-order valence-electron chi connectivity index (χ3n) is 4.59. The van der Waals surface area contributed by atoms with Crippen LogP contribution in [0, 0.1) is 0 Å². The summed E-state index contributed by atoms with van der Waals surface area (Å²) in [6.45, 7) is 0. The number of nitrogens with one attached hydrogen (secondary N) is 1. The number of pyridine rings is 1. The summed E-state index contributed by atoms with van der Waals surface area (Å²) in [5.41, 5.74) is 3.92. The van der Waals surface area contributed by atoms with E-state index < -0.39 is 0 Å². The van der Waals surface area contributed by atoms with Crippen molar-refractivity contribution < 1.29 is 4.74 Å². The molecule has 0 fully saturated rings. The molecule has 4 rings (SSSR count). The Labute approximate surface area is 169 Å². The molecule has 0 saturated heterocycles. The standard InChI is InChI=1S/C23H21N5O/c1-28(19-9-4-3-5-10-19)23-14-22(25-16-26-23)27-18-8-6-7-17(13-18)20-15-24-12-11-21(20)29-2/h3-16H,1-2H3,(H,25,26,27). The maximum absolute atomic E-state index is 5.46. The second kappa shape index (κ2) is 8.39. The number of benzene rings is 2. The molecule has 1 N–H and O–H groups in total. The topological polar surface area (TPSA) is 63.2 Å². The molecule has 0 aliphatic heterocycles. The molecule has 144 valence electrons. The molecule has 6 heteroatoms. The third kappa shape index (κ3) is 4.16. The van der Waals surface area contributed by atoms with Gasteiger partial charge in [-0.05, 0) is 35.9 Å². The zero-order chi connectivity index (χ0) is 20.1. The summed E-state index contributed by atoms with van der Waals surface area (Å²) < 4.78 is 5.46. The second-order valence-corrected chi connectivity index (χ2v) is 6.44. The second-order valence-electron chi connectivity index (χ2n) is 6.44. The number of nitrogens with zero attached hydrogens (tertiary/aromatic N) is 4. The van der Waals surface area contributed by atoms with Crippen LogP contribution in [-0.2, 0) is 0 Å². The smallest absolute Gasteiger partial charge is 0.138 e. The Morgan fingerprint density at radius 3 is 2.62 bits per heavy atom. The fourth-order valence-electron chi connectivity index (χ4n) is 3.07. The maximum Gasteiger partial charge on any atom is 0.138 e. The van der Waals surface area contributed by atoms with E-state index in [9.17, 15) is 0 Å². The third-order valence-corrected chi connectivity index (χ3v) is 4.59. The Morgan fingerprint density at radius 2 is 1.79 bits per heavy atom. The van der Waals surface area contributed by atoms with Crippen LogP contribution >= 0.6 is 0 Å². The van der Waals surface area contributed by atoms with Gasteiger partial charge in [0, 0.05) is 42.4 Å². The van der Waals surface area contributed by atoms with Crippen molar-refractivity contribution in [2.75, 3.05) is 24.4 Å². The van der Waals surface area contributed by atoms with Crippen molar-refractivity contribution in [2.24, 2.45) is 0 Å². The molecule has 0 bridgehead atoms. The lowest BCUT2D eigenvalue weighted by Crippen LogP contribution is -2.11. The predicted octanol–water partition coefficient (Wildman–Crippen LogP) is 5.06. The van der Waals surface area contributed by atoms with Crippen molar-refractivity contribution in [1.29, 1.82) is 0 Å². The van der Waals surface area contributed by atoms with Gasteiger partial charge in [-0.1, -0.05) is 30.3 Å². The van der Waals surface area contributed by atoms with Crippen LogP contribution in [0.15, 0.2) is 85.5 Å². The van der Waals surface area contributed by atoms with Crippen molar-refractivity contribution in [3.63, 3.8) is 0 Å². The Kier molecular flexibility index (Phi) is 5.33. The van der Waals surface area contributed by atoms with Crippen molar-refractivity contribution in [3.05, 3.63) is 85.5 Å². The minimum Gasteiger partial charge on any atom is -0.496 e. The van der Waals surface area contributed by atoms with Crippen LogP contribution in [-0.4, -0.2) is 29.1 Å². The van der Waals surface area contributed by atoms with Gasteiger partial charge < -0.3 is 15.0 Å². The fraction of sp³-hybridized carbons (Fsp3) is 0.0870. The van der Waals surface area contributed by atoms with Crippen LogP contribution in [0.3, 0.4) is 0 Å². The highest BCUT2D eigenvalue weighted by Gasteiger charge is 2.09. The first-order valence-electron chi connectivity index (χ1n) is 9.21. The number of hydrogen-bond donors (Lipinski definition) is 1. The highest BCUT2D eigenvalue weighted by atomic mass is 16.5. The van der Waals surface area contributed by atoms with Crippen LogP contribution in [0.2, 0.25) is 0 Å². The molecule has 2 aromatic carbocycles. The number of aromatic nitrogens is 3. The van der Waals surface area contributed by atoms with E-state index in [2.05, 4.69) is 20.3 Å². The first kappa shape index (κ1) is 18.4. The summed E-state index contributed by atoms with van der Waals surface area (Å²) in [4.78, 5) is 15.0. The lowest BCUT2D eigenvalue weighted by Gasteiger charge is -2.18. The first-order chi connectivity index (χ1) is 14.2. The average Bonchev–Trinajstić information content (AvgIpc) is 2.79. The molecule has 2 heterocycles. The normalized spacial score (nSPS) is 10.4. The SMILES string of the molecule is COc1ccncc1-c1cccc(Nc2cc(N(C)c3ccccc3)ncn2)c1. The summed E-state index contributed by atoms with van der Waals surface area (Å²) in [5.74, 6) is 2.30. The van der Waals surface area contributed by atoms with Crippen molar-refractivity contribution in [3.8, 4) is 16.9 Å². The van der Waals surface area contributed by atoms with Gasteiger partial charge in [0.15, 0.2) is 0 Å². The van der Waals surface area contributed by atoms with Gasteiger partial charge >= 0.3 is 0 Å². The molecule has 4 aromatic rings. The number of hydrogen-bond acceptors (Lipinski definition) is 6. The quantitative estimate of drug-likeness (QED) is 0.502. The molecule has 29 heavy (non-hydrogen) atoms. The van der Waals surface area contributed by atoms with E-state index in [1.54, 1.807) is 25.8 Å². The Balaban J connectivity index is 1.59. The Morgan fingerprint density at radius 1 is 0.931 bits per heavy atom. The number of para-hydroxylation sites is 1. The zero-order valence-corrected chi connectivity index (χ0v) is 16.3. The van der Waals surface area contributed by atoms with Crippen LogP contribution in [0.1, 0.15) is 0 Å². The van der Waals surface area contributed by atoms with Crippen LogP contribution in [0.5, 0.6) is 5.75 Å². The van der Waals surface area contributed by atoms with Gasteiger partial charge in [-0.25, -0.2) is 9.97 Å². The lowest BCUT2D eigenvalue weighted by atomic mass is 10.1. The van der Waals surface area contributed by atoms with Gasteiger partial charge in [0.2, 0.25) is 0 Å². The minimum atomic E-state index is 0.716. The molecular weight excluding hydrogens is 362 g/mol.